The molecule has 0 rings (SSSR count). The van der Waals surface area contributed by atoms with E-state index in [4.69, 9.17) is 0 Å². The van der Waals surface area contributed by atoms with E-state index in [9.17, 15) is 18.1 Å². The Balaban J connectivity index is 0. The van der Waals surface area contributed by atoms with Gasteiger partial charge < -0.3 is 9.66 Å². The number of hydrogen-bond acceptors (Lipinski definition) is 4. The van der Waals surface area contributed by atoms with Crippen LogP contribution in [0.1, 0.15) is 97.3 Å². The standard InChI is InChI=1S/C17H36O4S.Na/c1-3-4-5-6-7-8-9-10-11-12-13-14-17(18)15-16(2)22(19,20)21;/h16-18H,3-15H2,1-2H3,(H,19,20,21);/q;+1/p-1. The van der Waals surface area contributed by atoms with E-state index in [0.29, 0.717) is 6.42 Å². The van der Waals surface area contributed by atoms with Crippen molar-refractivity contribution in [2.45, 2.75) is 109 Å². The van der Waals surface area contributed by atoms with E-state index < -0.39 is 21.5 Å². The van der Waals surface area contributed by atoms with Gasteiger partial charge in [0.15, 0.2) is 0 Å². The number of rotatable bonds is 15. The Kier molecular flexibility index (Phi) is 18.5. The van der Waals surface area contributed by atoms with Crippen molar-refractivity contribution >= 4 is 10.1 Å². The Hall–Kier alpha value is 0.870. The summed E-state index contributed by atoms with van der Waals surface area (Å²) < 4.78 is 32.3. The molecule has 0 amide bonds. The molecule has 0 heterocycles. The van der Waals surface area contributed by atoms with E-state index >= 15 is 0 Å². The van der Waals surface area contributed by atoms with Gasteiger partial charge >= 0.3 is 29.6 Å². The van der Waals surface area contributed by atoms with E-state index in [1.54, 1.807) is 0 Å². The van der Waals surface area contributed by atoms with Crippen LogP contribution in [0.2, 0.25) is 0 Å². The molecule has 23 heavy (non-hydrogen) atoms. The van der Waals surface area contributed by atoms with Crippen molar-refractivity contribution in [2.24, 2.45) is 0 Å². The summed E-state index contributed by atoms with van der Waals surface area (Å²) in [6, 6.07) is 0. The molecule has 0 aromatic rings. The molecule has 0 aliphatic rings. The molecule has 0 saturated carbocycles. The second-order valence-electron chi connectivity index (χ2n) is 6.52. The second kappa shape index (κ2) is 16.3. The molecule has 0 spiro atoms. The van der Waals surface area contributed by atoms with Crippen LogP contribution in [0, 0.1) is 0 Å². The quantitative estimate of drug-likeness (QED) is 0.272. The van der Waals surface area contributed by atoms with Gasteiger partial charge in [0.1, 0.15) is 0 Å². The van der Waals surface area contributed by atoms with Crippen molar-refractivity contribution in [3.63, 3.8) is 0 Å². The summed E-state index contributed by atoms with van der Waals surface area (Å²) in [5.74, 6) is 0. The van der Waals surface area contributed by atoms with Crippen LogP contribution in [0.4, 0.5) is 0 Å². The smallest absolute Gasteiger partial charge is 0.748 e. The predicted molar refractivity (Wildman–Crippen MR) is 90.9 cm³/mol. The van der Waals surface area contributed by atoms with Gasteiger partial charge in [0.2, 0.25) is 0 Å². The minimum absolute atomic E-state index is 0. The molecule has 0 bridgehead atoms. The summed E-state index contributed by atoms with van der Waals surface area (Å²) in [6.07, 6.45) is 13.7. The predicted octanol–water partition coefficient (Wildman–Crippen LogP) is 1.38. The third kappa shape index (κ3) is 17.5. The van der Waals surface area contributed by atoms with Gasteiger partial charge in [-0.1, -0.05) is 77.6 Å². The zero-order valence-electron chi connectivity index (χ0n) is 15.4. The van der Waals surface area contributed by atoms with Crippen LogP contribution < -0.4 is 29.6 Å². The van der Waals surface area contributed by atoms with Crippen LogP contribution in [0.25, 0.3) is 0 Å². The van der Waals surface area contributed by atoms with Crippen molar-refractivity contribution in [3.8, 4) is 0 Å². The van der Waals surface area contributed by atoms with Crippen LogP contribution in [-0.2, 0) is 10.1 Å². The Morgan fingerprint density at radius 1 is 0.870 bits per heavy atom. The van der Waals surface area contributed by atoms with Gasteiger partial charge in [0.25, 0.3) is 0 Å². The Labute approximate surface area is 165 Å². The normalized spacial score (nSPS) is 14.3. The van der Waals surface area contributed by atoms with Crippen molar-refractivity contribution in [2.75, 3.05) is 0 Å². The first kappa shape index (κ1) is 26.1. The zero-order chi connectivity index (χ0) is 16.8. The van der Waals surface area contributed by atoms with E-state index in [1.165, 1.54) is 64.7 Å². The molecule has 1 N–H and O–H groups in total. The zero-order valence-corrected chi connectivity index (χ0v) is 18.2. The van der Waals surface area contributed by atoms with Crippen LogP contribution in [0.3, 0.4) is 0 Å². The summed E-state index contributed by atoms with van der Waals surface area (Å²) in [5, 5.41) is 8.73. The van der Waals surface area contributed by atoms with Gasteiger partial charge in [-0.25, -0.2) is 8.42 Å². The Bertz CT molecular complexity index is 347. The van der Waals surface area contributed by atoms with E-state index in [0.717, 1.165) is 12.8 Å². The molecule has 0 fully saturated rings. The van der Waals surface area contributed by atoms with Crippen LogP contribution in [0.5, 0.6) is 0 Å². The first-order valence-corrected chi connectivity index (χ1v) is 10.5. The summed E-state index contributed by atoms with van der Waals surface area (Å²) in [4.78, 5) is 0. The molecule has 4 nitrogen and oxygen atoms in total. The maximum absolute atomic E-state index is 10.8. The number of unbranched alkanes of at least 4 members (excludes halogenated alkanes) is 10. The number of aliphatic hydroxyl groups excluding tert-OH is 1. The molecule has 0 aliphatic carbocycles. The molecular formula is C17H35NaO4S. The number of aliphatic hydroxyl groups is 1. The summed E-state index contributed by atoms with van der Waals surface area (Å²) >= 11 is 0. The molecule has 2 atom stereocenters. The molecule has 0 aromatic heterocycles. The van der Waals surface area contributed by atoms with Crippen molar-refractivity contribution in [1.82, 2.24) is 0 Å². The molecule has 0 aromatic carbocycles. The second-order valence-corrected chi connectivity index (χ2v) is 8.31. The van der Waals surface area contributed by atoms with Crippen LogP contribution in [0.15, 0.2) is 0 Å². The topological polar surface area (TPSA) is 77.4 Å². The fraction of sp³-hybridized carbons (Fsp3) is 1.00. The van der Waals surface area contributed by atoms with Gasteiger partial charge in [-0.15, -0.1) is 0 Å². The third-order valence-corrected chi connectivity index (χ3v) is 5.42. The Morgan fingerprint density at radius 2 is 1.26 bits per heavy atom. The molecule has 0 saturated heterocycles. The summed E-state index contributed by atoms with van der Waals surface area (Å²) in [7, 11) is -4.26. The van der Waals surface area contributed by atoms with Crippen molar-refractivity contribution < 1.29 is 47.6 Å². The fourth-order valence-electron chi connectivity index (χ4n) is 2.66. The van der Waals surface area contributed by atoms with Crippen LogP contribution in [-0.4, -0.2) is 29.4 Å². The van der Waals surface area contributed by atoms with Crippen LogP contribution >= 0.6 is 0 Å². The molecular weight excluding hydrogens is 323 g/mol. The van der Waals surface area contributed by atoms with E-state index in [2.05, 4.69) is 6.92 Å². The summed E-state index contributed by atoms with van der Waals surface area (Å²) in [6.45, 7) is 3.60. The molecule has 6 heteroatoms. The van der Waals surface area contributed by atoms with Gasteiger partial charge in [0.05, 0.1) is 16.2 Å². The average Bonchev–Trinajstić information content (AvgIpc) is 2.43. The maximum atomic E-state index is 10.8. The van der Waals surface area contributed by atoms with Gasteiger partial charge in [0, 0.05) is 5.25 Å². The minimum atomic E-state index is -4.26. The molecule has 2 unspecified atom stereocenters. The molecule has 134 valence electrons. The van der Waals surface area contributed by atoms with Crippen molar-refractivity contribution in [1.29, 1.82) is 0 Å². The van der Waals surface area contributed by atoms with E-state index in [1.807, 2.05) is 0 Å². The number of hydrogen-bond donors (Lipinski definition) is 1. The third-order valence-electron chi connectivity index (χ3n) is 4.24. The monoisotopic (exact) mass is 358 g/mol. The van der Waals surface area contributed by atoms with Gasteiger partial charge in [-0.2, -0.15) is 0 Å². The van der Waals surface area contributed by atoms with Gasteiger partial charge in [-0.05, 0) is 19.8 Å². The maximum Gasteiger partial charge on any atom is 1.00 e. The summed E-state index contributed by atoms with van der Waals surface area (Å²) in [5.41, 5.74) is 0. The SMILES string of the molecule is CCCCCCCCCCCCCC(O)CC(C)S(=O)(=O)[O-].[Na+]. The average molecular weight is 359 g/mol. The first-order chi connectivity index (χ1) is 10.4. The Morgan fingerprint density at radius 3 is 1.65 bits per heavy atom. The molecule has 0 radical (unpaired) electrons. The van der Waals surface area contributed by atoms with Crippen molar-refractivity contribution in [3.05, 3.63) is 0 Å². The fourth-order valence-corrected chi connectivity index (χ4v) is 3.12. The largest absolute Gasteiger partial charge is 1.00 e. The van der Waals surface area contributed by atoms with Gasteiger partial charge in [-0.3, -0.25) is 0 Å². The minimum Gasteiger partial charge on any atom is -0.748 e. The van der Waals surface area contributed by atoms with E-state index in [-0.39, 0.29) is 36.0 Å². The first-order valence-electron chi connectivity index (χ1n) is 9.00. The molecule has 0 aliphatic heterocycles.